The lowest BCUT2D eigenvalue weighted by molar-refractivity contribution is 0.449. The third kappa shape index (κ3) is 6.17. The van der Waals surface area contributed by atoms with Crippen molar-refractivity contribution in [1.29, 1.82) is 0 Å². The van der Waals surface area contributed by atoms with Gasteiger partial charge in [-0.05, 0) is 74.9 Å². The van der Waals surface area contributed by atoms with Crippen molar-refractivity contribution in [2.45, 2.75) is 20.8 Å². The quantitative estimate of drug-likeness (QED) is 0.137. The second-order valence-electron chi connectivity index (χ2n) is 14.6. The highest BCUT2D eigenvalue weighted by Crippen LogP contribution is 2.43. The number of hydrogen-bond acceptors (Lipinski definition) is 2. The molecule has 63 heavy (non-hydrogen) atoms. The van der Waals surface area contributed by atoms with Gasteiger partial charge in [-0.2, -0.15) is 0 Å². The molecule has 0 aliphatic carbocycles. The molecule has 0 unspecified atom stereocenters. The van der Waals surface area contributed by atoms with E-state index in [0.29, 0.717) is 5.56 Å². The molecule has 2 aliphatic rings. The van der Waals surface area contributed by atoms with Crippen LogP contribution in [0.3, 0.4) is 0 Å². The molecule has 0 fully saturated rings. The van der Waals surface area contributed by atoms with Gasteiger partial charge in [0.15, 0.2) is 69.8 Å². The van der Waals surface area contributed by atoms with E-state index in [-0.39, 0.29) is 28.0 Å². The molecule has 0 saturated heterocycles. The minimum Gasteiger partial charge on any atom is -0.354 e. The highest BCUT2D eigenvalue weighted by atomic mass is 19.2. The summed E-state index contributed by atoms with van der Waals surface area (Å²) in [6, 6.07) is 13.0. The summed E-state index contributed by atoms with van der Waals surface area (Å²) in [5.41, 5.74) is -10.6. The highest BCUT2D eigenvalue weighted by molar-refractivity contribution is 6.00. The fourth-order valence-electron chi connectivity index (χ4n) is 7.79. The Balaban J connectivity index is 1.56. The minimum absolute atomic E-state index is 0.0388. The minimum atomic E-state index is -1.94. The topological polar surface area (TPSA) is 57.4 Å². The Bertz CT molecular complexity index is 3250. The number of hydrogen-bond donors (Lipinski definition) is 2. The van der Waals surface area contributed by atoms with E-state index in [1.54, 1.807) is 30.3 Å². The summed E-state index contributed by atoms with van der Waals surface area (Å²) in [4.78, 5) is 14.6. The Kier molecular flexibility index (Phi) is 9.72. The SMILES string of the molecule is Cc1c(F)c(F)c(-c2c3nc(c(-c4c(F)c(F)c(C)c(F)c4F)c4ccc([nH]4)c(-c4c(F)c(F)c(C)c(F)c4F)c4nc(c(-c5ccccc5)c5ccc2[nH]5)C=C4)C=C3)c(F)c1F. The molecular weight excluding hydrogens is 849 g/mol. The van der Waals surface area contributed by atoms with Gasteiger partial charge in [0, 0.05) is 61.0 Å². The third-order valence-electron chi connectivity index (χ3n) is 11.0. The lowest BCUT2D eigenvalue weighted by Gasteiger charge is -2.12. The molecule has 5 heterocycles. The van der Waals surface area contributed by atoms with Crippen LogP contribution in [0.5, 0.6) is 0 Å². The monoisotopic (exact) mass is 872 g/mol. The predicted molar refractivity (Wildman–Crippen MR) is 214 cm³/mol. The van der Waals surface area contributed by atoms with Crippen molar-refractivity contribution >= 4 is 46.4 Å². The standard InChI is InChI=1S/C47H24F12N4/c1-17-36(48)42(54)33(43(55)37(17)49)30-23-11-9-21(60-23)29(20-7-5-4-6-8-20)22-10-12-24(61-22)31(34-44(56)38(50)18(2)39(51)45(34)57)26-14-16-28(63-26)32(27-15-13-25(30)62-27)35-46(58)40(52)19(3)41(53)47(35)59/h4-16,60,63H,1-3H3. The molecule has 4 aromatic carbocycles. The van der Waals surface area contributed by atoms with Crippen LogP contribution in [0.4, 0.5) is 52.7 Å². The maximum Gasteiger partial charge on any atom is 0.170 e. The lowest BCUT2D eigenvalue weighted by atomic mass is 9.99. The lowest BCUT2D eigenvalue weighted by Crippen LogP contribution is -2.05. The molecule has 2 aliphatic heterocycles. The summed E-state index contributed by atoms with van der Waals surface area (Å²) >= 11 is 0. The van der Waals surface area contributed by atoms with Crippen LogP contribution in [-0.2, 0) is 0 Å². The van der Waals surface area contributed by atoms with Crippen molar-refractivity contribution in [1.82, 2.24) is 19.9 Å². The van der Waals surface area contributed by atoms with Crippen LogP contribution in [0.1, 0.15) is 39.5 Å². The van der Waals surface area contributed by atoms with Crippen molar-refractivity contribution in [3.05, 3.63) is 164 Å². The predicted octanol–water partition coefficient (Wildman–Crippen LogP) is 13.9. The molecule has 0 amide bonds. The number of halogens is 12. The number of nitrogens with one attached hydrogen (secondary N) is 2. The van der Waals surface area contributed by atoms with E-state index < -0.39 is 142 Å². The normalized spacial score (nSPS) is 12.2. The van der Waals surface area contributed by atoms with Gasteiger partial charge in [0.05, 0.1) is 39.5 Å². The van der Waals surface area contributed by atoms with Crippen LogP contribution in [0.25, 0.3) is 90.9 Å². The van der Waals surface area contributed by atoms with E-state index in [4.69, 9.17) is 0 Å². The van der Waals surface area contributed by atoms with Gasteiger partial charge in [-0.25, -0.2) is 62.7 Å². The summed E-state index contributed by atoms with van der Waals surface area (Å²) in [5.74, 6) is -21.9. The molecule has 3 aromatic heterocycles. The first-order valence-corrected chi connectivity index (χ1v) is 18.7. The second kappa shape index (κ2) is 14.9. The van der Waals surface area contributed by atoms with Gasteiger partial charge in [0.1, 0.15) is 0 Å². The maximum atomic E-state index is 16.1. The molecule has 0 atom stereocenters. The first kappa shape index (κ1) is 41.0. The number of rotatable bonds is 4. The highest BCUT2D eigenvalue weighted by Gasteiger charge is 2.32. The summed E-state index contributed by atoms with van der Waals surface area (Å²) in [6.07, 6.45) is 4.67. The molecule has 0 radical (unpaired) electrons. The van der Waals surface area contributed by atoms with Gasteiger partial charge in [0.2, 0.25) is 0 Å². The number of fused-ring (bicyclic) bond motifs is 8. The zero-order valence-electron chi connectivity index (χ0n) is 32.4. The van der Waals surface area contributed by atoms with Crippen LogP contribution in [0.2, 0.25) is 0 Å². The molecule has 316 valence electrons. The zero-order chi connectivity index (χ0) is 44.9. The van der Waals surface area contributed by atoms with Crippen LogP contribution < -0.4 is 0 Å². The van der Waals surface area contributed by atoms with E-state index >= 15 is 52.7 Å². The first-order valence-electron chi connectivity index (χ1n) is 18.7. The fourth-order valence-corrected chi connectivity index (χ4v) is 7.79. The van der Waals surface area contributed by atoms with Crippen molar-refractivity contribution in [2.75, 3.05) is 0 Å². The first-order chi connectivity index (χ1) is 30.0. The number of aromatic amines is 2. The number of benzene rings is 4. The molecule has 7 aromatic rings. The molecule has 0 spiro atoms. The molecule has 8 bridgehead atoms. The van der Waals surface area contributed by atoms with Gasteiger partial charge < -0.3 is 9.97 Å². The largest absolute Gasteiger partial charge is 0.354 e. The van der Waals surface area contributed by atoms with Crippen LogP contribution >= 0.6 is 0 Å². The van der Waals surface area contributed by atoms with Crippen LogP contribution in [-0.4, -0.2) is 19.9 Å². The van der Waals surface area contributed by atoms with Gasteiger partial charge in [-0.1, -0.05) is 30.3 Å². The Morgan fingerprint density at radius 1 is 0.302 bits per heavy atom. The van der Waals surface area contributed by atoms with Gasteiger partial charge in [-0.15, -0.1) is 0 Å². The number of H-pyrrole nitrogens is 2. The average Bonchev–Trinajstić information content (AvgIpc) is 4.14. The van der Waals surface area contributed by atoms with Crippen molar-refractivity contribution < 1.29 is 52.7 Å². The molecule has 0 saturated carbocycles. The van der Waals surface area contributed by atoms with Gasteiger partial charge in [-0.3, -0.25) is 0 Å². The molecular formula is C47H24F12N4. The zero-order valence-corrected chi connectivity index (χ0v) is 32.4. The number of nitrogens with zero attached hydrogens (tertiary/aromatic N) is 2. The van der Waals surface area contributed by atoms with Crippen molar-refractivity contribution in [3.8, 4) is 44.5 Å². The summed E-state index contributed by atoms with van der Waals surface area (Å²) < 4.78 is 188. The maximum absolute atomic E-state index is 16.1. The Morgan fingerprint density at radius 2 is 0.556 bits per heavy atom. The summed E-state index contributed by atoms with van der Waals surface area (Å²) in [6.45, 7) is 2.38. The van der Waals surface area contributed by atoms with E-state index in [1.807, 2.05) is 0 Å². The molecule has 16 heteroatoms. The Labute approximate surface area is 347 Å². The molecule has 9 rings (SSSR count). The van der Waals surface area contributed by atoms with E-state index in [2.05, 4.69) is 19.9 Å². The third-order valence-corrected chi connectivity index (χ3v) is 11.0. The van der Waals surface area contributed by atoms with E-state index in [9.17, 15) is 0 Å². The summed E-state index contributed by atoms with van der Waals surface area (Å²) in [5, 5.41) is 0. The smallest absolute Gasteiger partial charge is 0.170 e. The number of aromatic nitrogens is 4. The average molecular weight is 873 g/mol. The second-order valence-corrected chi connectivity index (χ2v) is 14.6. The Morgan fingerprint density at radius 3 is 0.841 bits per heavy atom. The van der Waals surface area contributed by atoms with Crippen molar-refractivity contribution in [2.24, 2.45) is 0 Å². The van der Waals surface area contributed by atoms with Crippen LogP contribution in [0, 0.1) is 90.6 Å². The van der Waals surface area contributed by atoms with E-state index in [1.165, 1.54) is 24.3 Å². The summed E-state index contributed by atoms with van der Waals surface area (Å²) in [7, 11) is 0. The van der Waals surface area contributed by atoms with Gasteiger partial charge >= 0.3 is 0 Å². The fraction of sp³-hybridized carbons (Fsp3) is 0.0638. The molecule has 2 N–H and O–H groups in total. The van der Waals surface area contributed by atoms with Gasteiger partial charge in [0.25, 0.3) is 0 Å². The van der Waals surface area contributed by atoms with Crippen molar-refractivity contribution in [3.63, 3.8) is 0 Å². The molecule has 4 nitrogen and oxygen atoms in total. The van der Waals surface area contributed by atoms with Crippen LogP contribution in [0.15, 0.2) is 54.6 Å². The van der Waals surface area contributed by atoms with E-state index in [0.717, 1.165) is 45.1 Å². The Hall–Kier alpha value is -7.36.